The number of para-hydroxylation sites is 1. The zero-order chi connectivity index (χ0) is 14.7. The van der Waals surface area contributed by atoms with E-state index < -0.39 is 0 Å². The first-order valence-electron chi connectivity index (χ1n) is 7.23. The van der Waals surface area contributed by atoms with Gasteiger partial charge in [-0.05, 0) is 18.6 Å². The number of carbonyl (C=O) groups excluding carboxylic acids is 2. The van der Waals surface area contributed by atoms with Crippen molar-refractivity contribution < 1.29 is 9.59 Å². The summed E-state index contributed by atoms with van der Waals surface area (Å²) in [5.74, 6) is 0.0660. The Labute approximate surface area is 122 Å². The number of fused-ring (bicyclic) bond motifs is 4. The van der Waals surface area contributed by atoms with Crippen LogP contribution in [0.4, 0.5) is 0 Å². The van der Waals surface area contributed by atoms with E-state index in [1.165, 1.54) is 10.5 Å². The molecule has 5 heteroatoms. The van der Waals surface area contributed by atoms with Gasteiger partial charge in [-0.15, -0.1) is 0 Å². The molecule has 1 aromatic carbocycles. The molecule has 0 aliphatic carbocycles. The number of rotatable bonds is 0. The topological polar surface area (TPSA) is 56.4 Å². The molecule has 2 aromatic rings. The number of benzene rings is 1. The highest BCUT2D eigenvalue weighted by molar-refractivity contribution is 5.97. The van der Waals surface area contributed by atoms with Crippen molar-refractivity contribution in [2.75, 3.05) is 13.6 Å². The van der Waals surface area contributed by atoms with Gasteiger partial charge in [0.25, 0.3) is 0 Å². The van der Waals surface area contributed by atoms with E-state index in [1.54, 1.807) is 11.9 Å². The zero-order valence-corrected chi connectivity index (χ0v) is 12.1. The maximum absolute atomic E-state index is 12.4. The number of nitrogens with one attached hydrogen (secondary N) is 1. The van der Waals surface area contributed by atoms with Crippen LogP contribution in [0.2, 0.25) is 0 Å². The smallest absolute Gasteiger partial charge is 0.245 e. The summed E-state index contributed by atoms with van der Waals surface area (Å²) in [6.45, 7) is 2.17. The van der Waals surface area contributed by atoms with Gasteiger partial charge >= 0.3 is 0 Å². The molecule has 1 aromatic heterocycles. The van der Waals surface area contributed by atoms with Gasteiger partial charge in [-0.2, -0.15) is 0 Å². The predicted molar refractivity (Wildman–Crippen MR) is 78.7 cm³/mol. The fourth-order valence-corrected chi connectivity index (χ4v) is 3.71. The summed E-state index contributed by atoms with van der Waals surface area (Å²) in [5, 5.41) is 1.16. The van der Waals surface area contributed by atoms with E-state index in [0.717, 1.165) is 16.6 Å². The minimum absolute atomic E-state index is 0.0268. The van der Waals surface area contributed by atoms with E-state index in [4.69, 9.17) is 0 Å². The average Bonchev–Trinajstić information content (AvgIpc) is 2.84. The Hall–Kier alpha value is -2.30. The zero-order valence-electron chi connectivity index (χ0n) is 12.1. The van der Waals surface area contributed by atoms with Gasteiger partial charge in [0, 0.05) is 30.1 Å². The van der Waals surface area contributed by atoms with Crippen molar-refractivity contribution in [3.05, 3.63) is 35.5 Å². The molecular weight excluding hydrogens is 266 g/mol. The number of carbonyl (C=O) groups is 2. The van der Waals surface area contributed by atoms with E-state index in [2.05, 4.69) is 11.1 Å². The van der Waals surface area contributed by atoms with Crippen molar-refractivity contribution >= 4 is 22.7 Å². The number of aromatic amines is 1. The SMILES string of the molecule is CC1c2[nH]c3ccccc3c2CC2C(=O)N(C)CC(=O)N21. The van der Waals surface area contributed by atoms with Gasteiger partial charge in [0.2, 0.25) is 11.8 Å². The third kappa shape index (κ3) is 1.57. The summed E-state index contributed by atoms with van der Waals surface area (Å²) in [7, 11) is 1.70. The second-order valence-electron chi connectivity index (χ2n) is 5.95. The molecule has 2 aliphatic rings. The molecule has 2 amide bonds. The highest BCUT2D eigenvalue weighted by atomic mass is 16.2. The third-order valence-electron chi connectivity index (χ3n) is 4.74. The van der Waals surface area contributed by atoms with E-state index in [1.807, 2.05) is 25.1 Å². The van der Waals surface area contributed by atoms with Crippen molar-refractivity contribution in [3.63, 3.8) is 0 Å². The number of likely N-dealkylation sites (N-methyl/N-ethyl adjacent to an activating group) is 1. The molecule has 1 fully saturated rings. The van der Waals surface area contributed by atoms with E-state index >= 15 is 0 Å². The lowest BCUT2D eigenvalue weighted by Crippen LogP contribution is -2.61. The van der Waals surface area contributed by atoms with Crippen LogP contribution in [0, 0.1) is 0 Å². The van der Waals surface area contributed by atoms with Crippen LogP contribution in [0.1, 0.15) is 24.2 Å². The van der Waals surface area contributed by atoms with Crippen LogP contribution in [0.5, 0.6) is 0 Å². The van der Waals surface area contributed by atoms with Gasteiger partial charge in [0.1, 0.15) is 6.04 Å². The number of amides is 2. The highest BCUT2D eigenvalue weighted by Crippen LogP contribution is 2.38. The molecule has 0 spiro atoms. The van der Waals surface area contributed by atoms with Crippen LogP contribution >= 0.6 is 0 Å². The lowest BCUT2D eigenvalue weighted by Gasteiger charge is -2.45. The molecule has 21 heavy (non-hydrogen) atoms. The predicted octanol–water partition coefficient (Wildman–Crippen LogP) is 1.45. The molecule has 2 atom stereocenters. The van der Waals surface area contributed by atoms with Crippen LogP contribution in [0.25, 0.3) is 10.9 Å². The summed E-state index contributed by atoms with van der Waals surface area (Å²) < 4.78 is 0. The number of hydrogen-bond donors (Lipinski definition) is 1. The van der Waals surface area contributed by atoms with Gasteiger partial charge in [-0.1, -0.05) is 18.2 Å². The molecule has 5 nitrogen and oxygen atoms in total. The molecule has 4 rings (SSSR count). The second-order valence-corrected chi connectivity index (χ2v) is 5.95. The third-order valence-corrected chi connectivity index (χ3v) is 4.74. The number of aromatic nitrogens is 1. The lowest BCUT2D eigenvalue weighted by atomic mass is 9.90. The Morgan fingerprint density at radius 3 is 2.81 bits per heavy atom. The molecule has 108 valence electrons. The fraction of sp³-hybridized carbons (Fsp3) is 0.375. The Morgan fingerprint density at radius 2 is 2.00 bits per heavy atom. The van der Waals surface area contributed by atoms with Gasteiger partial charge in [-0.25, -0.2) is 0 Å². The van der Waals surface area contributed by atoms with E-state index in [9.17, 15) is 9.59 Å². The number of H-pyrrole nitrogens is 1. The molecule has 1 saturated heterocycles. The maximum atomic E-state index is 12.4. The summed E-state index contributed by atoms with van der Waals surface area (Å²) >= 11 is 0. The largest absolute Gasteiger partial charge is 0.356 e. The maximum Gasteiger partial charge on any atom is 0.245 e. The monoisotopic (exact) mass is 283 g/mol. The van der Waals surface area contributed by atoms with Crippen molar-refractivity contribution in [1.29, 1.82) is 0 Å². The Morgan fingerprint density at radius 1 is 1.24 bits per heavy atom. The van der Waals surface area contributed by atoms with Gasteiger partial charge in [0.05, 0.1) is 12.6 Å². The second kappa shape index (κ2) is 4.10. The van der Waals surface area contributed by atoms with Crippen LogP contribution in [0.15, 0.2) is 24.3 Å². The summed E-state index contributed by atoms with van der Waals surface area (Å²) in [6, 6.07) is 7.66. The van der Waals surface area contributed by atoms with Crippen molar-refractivity contribution in [1.82, 2.24) is 14.8 Å². The molecule has 1 N–H and O–H groups in total. The first-order chi connectivity index (χ1) is 10.1. The van der Waals surface area contributed by atoms with Crippen molar-refractivity contribution in [3.8, 4) is 0 Å². The van der Waals surface area contributed by atoms with Crippen LogP contribution in [-0.2, 0) is 16.0 Å². The van der Waals surface area contributed by atoms with E-state index in [0.29, 0.717) is 6.42 Å². The van der Waals surface area contributed by atoms with Crippen LogP contribution in [0.3, 0.4) is 0 Å². The minimum atomic E-state index is -0.363. The summed E-state index contributed by atoms with van der Waals surface area (Å²) in [5.41, 5.74) is 3.32. The fourth-order valence-electron chi connectivity index (χ4n) is 3.71. The number of piperazine rings is 1. The number of nitrogens with zero attached hydrogens (tertiary/aromatic N) is 2. The normalized spacial score (nSPS) is 25.2. The van der Waals surface area contributed by atoms with Gasteiger partial charge < -0.3 is 14.8 Å². The van der Waals surface area contributed by atoms with Crippen molar-refractivity contribution in [2.24, 2.45) is 0 Å². The standard InChI is InChI=1S/C16H17N3O2/c1-9-15-11(10-5-3-4-6-12(10)17-15)7-13-16(21)18(2)8-14(20)19(9)13/h3-6,9,13,17H,7-8H2,1-2H3. The Bertz CT molecular complexity index is 764. The lowest BCUT2D eigenvalue weighted by molar-refractivity contribution is -0.157. The molecular formula is C16H17N3O2. The summed E-state index contributed by atoms with van der Waals surface area (Å²) in [6.07, 6.45) is 0.596. The first-order valence-corrected chi connectivity index (χ1v) is 7.23. The quantitative estimate of drug-likeness (QED) is 0.795. The van der Waals surface area contributed by atoms with Crippen molar-refractivity contribution in [2.45, 2.75) is 25.4 Å². The minimum Gasteiger partial charge on any atom is -0.356 e. The average molecular weight is 283 g/mol. The summed E-state index contributed by atoms with van der Waals surface area (Å²) in [4.78, 5) is 31.5. The Balaban J connectivity index is 1.90. The van der Waals surface area contributed by atoms with Crippen LogP contribution in [-0.4, -0.2) is 46.2 Å². The molecule has 2 aliphatic heterocycles. The molecule has 3 heterocycles. The van der Waals surface area contributed by atoms with Gasteiger partial charge in [0.15, 0.2) is 0 Å². The van der Waals surface area contributed by atoms with E-state index in [-0.39, 0.29) is 30.4 Å². The highest BCUT2D eigenvalue weighted by Gasteiger charge is 2.45. The van der Waals surface area contributed by atoms with Crippen LogP contribution < -0.4 is 0 Å². The Kier molecular flexibility index (Phi) is 2.43. The van der Waals surface area contributed by atoms with Gasteiger partial charge in [-0.3, -0.25) is 9.59 Å². The first kappa shape index (κ1) is 12.4. The molecule has 0 bridgehead atoms. The number of hydrogen-bond acceptors (Lipinski definition) is 2. The molecule has 0 saturated carbocycles. The molecule has 2 unspecified atom stereocenters. The molecule has 0 radical (unpaired) electrons.